The van der Waals surface area contributed by atoms with E-state index in [9.17, 15) is 4.39 Å². The summed E-state index contributed by atoms with van der Waals surface area (Å²) in [6.07, 6.45) is 7.68. The molecule has 0 N–H and O–H groups in total. The summed E-state index contributed by atoms with van der Waals surface area (Å²) in [7, 11) is 3.83. The van der Waals surface area contributed by atoms with E-state index in [0.29, 0.717) is 11.6 Å². The van der Waals surface area contributed by atoms with E-state index in [0.717, 1.165) is 48.3 Å². The molecule has 0 aliphatic carbocycles. The van der Waals surface area contributed by atoms with Crippen LogP contribution in [0.4, 0.5) is 15.9 Å². The normalized spacial score (nSPS) is 20.3. The summed E-state index contributed by atoms with van der Waals surface area (Å²) < 4.78 is 14.3. The van der Waals surface area contributed by atoms with Gasteiger partial charge in [0.05, 0.1) is 11.7 Å². The van der Waals surface area contributed by atoms with E-state index in [4.69, 9.17) is 4.98 Å². The second-order valence-corrected chi connectivity index (χ2v) is 7.92. The minimum Gasteiger partial charge on any atom is -0.377 e. The summed E-state index contributed by atoms with van der Waals surface area (Å²) in [5.41, 5.74) is 3.80. The first kappa shape index (κ1) is 18.0. The third-order valence-electron chi connectivity index (χ3n) is 5.87. The molecule has 1 saturated heterocycles. The number of rotatable bonds is 3. The van der Waals surface area contributed by atoms with Crippen LogP contribution in [-0.4, -0.2) is 40.1 Å². The fraction of sp³-hybridized carbons (Fsp3) is 0.364. The molecule has 0 saturated carbocycles. The van der Waals surface area contributed by atoms with Gasteiger partial charge in [-0.15, -0.1) is 0 Å². The lowest BCUT2D eigenvalue weighted by atomic mass is 9.82. The Bertz CT molecular complexity index is 1040. The third-order valence-corrected chi connectivity index (χ3v) is 5.87. The van der Waals surface area contributed by atoms with Gasteiger partial charge in [0.25, 0.3) is 0 Å². The molecule has 6 nitrogen and oxygen atoms in total. The summed E-state index contributed by atoms with van der Waals surface area (Å²) >= 11 is 0. The van der Waals surface area contributed by atoms with Crippen LogP contribution in [0.15, 0.2) is 42.7 Å². The number of piperidine rings is 1. The lowest BCUT2D eigenvalue weighted by Gasteiger charge is -2.47. The highest BCUT2D eigenvalue weighted by atomic mass is 19.1. The number of hydrogen-bond acceptors (Lipinski definition) is 6. The molecule has 3 aromatic rings. The Hall–Kier alpha value is -3.09. The monoisotopic (exact) mass is 390 g/mol. The van der Waals surface area contributed by atoms with Crippen LogP contribution in [0.1, 0.15) is 36.6 Å². The zero-order valence-corrected chi connectivity index (χ0v) is 16.6. The van der Waals surface area contributed by atoms with Crippen molar-refractivity contribution in [3.8, 4) is 11.5 Å². The number of aromatic nitrogens is 4. The van der Waals surface area contributed by atoms with E-state index in [1.807, 2.05) is 49.5 Å². The van der Waals surface area contributed by atoms with Crippen LogP contribution in [0.25, 0.3) is 11.5 Å². The quantitative estimate of drug-likeness (QED) is 0.634. The third kappa shape index (κ3) is 3.20. The summed E-state index contributed by atoms with van der Waals surface area (Å²) in [6, 6.07) is 9.59. The molecular weight excluding hydrogens is 367 g/mol. The predicted octanol–water partition coefficient (Wildman–Crippen LogP) is 3.80. The Labute approximate surface area is 169 Å². The molecule has 5 rings (SSSR count). The molecule has 3 aromatic heterocycles. The van der Waals surface area contributed by atoms with Crippen molar-refractivity contribution < 1.29 is 4.39 Å². The molecule has 5 heterocycles. The Morgan fingerprint density at radius 1 is 1.10 bits per heavy atom. The van der Waals surface area contributed by atoms with Crippen LogP contribution in [0.3, 0.4) is 0 Å². The predicted molar refractivity (Wildman–Crippen MR) is 110 cm³/mol. The minimum atomic E-state index is -0.447. The fourth-order valence-electron chi connectivity index (χ4n) is 4.50. The molecule has 2 bridgehead atoms. The Balaban J connectivity index is 1.56. The number of halogens is 1. The van der Waals surface area contributed by atoms with Crippen molar-refractivity contribution in [1.82, 2.24) is 19.9 Å². The van der Waals surface area contributed by atoms with Crippen LogP contribution >= 0.6 is 0 Å². The van der Waals surface area contributed by atoms with Gasteiger partial charge in [0.15, 0.2) is 5.82 Å². The highest BCUT2D eigenvalue weighted by Crippen LogP contribution is 2.44. The molecule has 2 aliphatic rings. The van der Waals surface area contributed by atoms with Crippen LogP contribution in [-0.2, 0) is 6.42 Å². The Morgan fingerprint density at radius 3 is 2.79 bits per heavy atom. The number of anilines is 2. The van der Waals surface area contributed by atoms with Crippen LogP contribution in [0.5, 0.6) is 0 Å². The smallest absolute Gasteiger partial charge is 0.216 e. The molecule has 29 heavy (non-hydrogen) atoms. The fourth-order valence-corrected chi connectivity index (χ4v) is 4.50. The van der Waals surface area contributed by atoms with E-state index in [2.05, 4.69) is 19.9 Å². The summed E-state index contributed by atoms with van der Waals surface area (Å²) in [5.74, 6) is 0.911. The van der Waals surface area contributed by atoms with Gasteiger partial charge in [-0.2, -0.15) is 4.39 Å². The lowest BCUT2D eigenvalue weighted by molar-refractivity contribution is 0.353. The van der Waals surface area contributed by atoms with Gasteiger partial charge >= 0.3 is 0 Å². The van der Waals surface area contributed by atoms with Crippen molar-refractivity contribution >= 4 is 11.5 Å². The van der Waals surface area contributed by atoms with E-state index in [-0.39, 0.29) is 12.1 Å². The SMILES string of the molecule is CN(C)c1cc(F)nc(N2[C@H]3CCC[C@@H]2c2cnc(-c4ccccn4)nc2C3)c1. The van der Waals surface area contributed by atoms with E-state index < -0.39 is 5.95 Å². The number of hydrogen-bond donors (Lipinski definition) is 0. The van der Waals surface area contributed by atoms with Crippen molar-refractivity contribution in [3.05, 3.63) is 59.9 Å². The largest absolute Gasteiger partial charge is 0.377 e. The van der Waals surface area contributed by atoms with Crippen molar-refractivity contribution in [2.24, 2.45) is 0 Å². The zero-order valence-electron chi connectivity index (χ0n) is 16.6. The topological polar surface area (TPSA) is 58.0 Å². The highest BCUT2D eigenvalue weighted by molar-refractivity contribution is 5.58. The van der Waals surface area contributed by atoms with Gasteiger partial charge in [-0.05, 0) is 31.4 Å². The maximum absolute atomic E-state index is 14.3. The van der Waals surface area contributed by atoms with Crippen LogP contribution in [0.2, 0.25) is 0 Å². The minimum absolute atomic E-state index is 0.125. The number of nitrogens with zero attached hydrogens (tertiary/aromatic N) is 6. The summed E-state index contributed by atoms with van der Waals surface area (Å²) in [6.45, 7) is 0. The van der Waals surface area contributed by atoms with Gasteiger partial charge in [0.2, 0.25) is 5.95 Å². The molecule has 0 radical (unpaired) electrons. The van der Waals surface area contributed by atoms with Crippen molar-refractivity contribution in [2.75, 3.05) is 23.9 Å². The standard InChI is InChI=1S/C22H23FN6/c1-28(2)15-11-20(23)27-21(12-15)29-14-6-5-8-19(29)16-13-25-22(26-18(16)10-14)17-7-3-4-9-24-17/h3-4,7,9,11-14,19H,5-6,8,10H2,1-2H3/t14-,19+/m0/s1. The van der Waals surface area contributed by atoms with Crippen LogP contribution in [0, 0.1) is 5.95 Å². The van der Waals surface area contributed by atoms with Gasteiger partial charge in [-0.3, -0.25) is 4.98 Å². The van der Waals surface area contributed by atoms with Crippen molar-refractivity contribution in [2.45, 2.75) is 37.8 Å². The first-order valence-electron chi connectivity index (χ1n) is 10.0. The first-order valence-corrected chi connectivity index (χ1v) is 10.0. The van der Waals surface area contributed by atoms with Crippen LogP contribution < -0.4 is 9.80 Å². The van der Waals surface area contributed by atoms with Gasteiger partial charge in [0, 0.05) is 62.3 Å². The van der Waals surface area contributed by atoms with Gasteiger partial charge in [-0.1, -0.05) is 6.07 Å². The zero-order chi connectivity index (χ0) is 20.0. The number of pyridine rings is 2. The first-order chi connectivity index (χ1) is 14.1. The van der Waals surface area contributed by atoms with Gasteiger partial charge in [-0.25, -0.2) is 15.0 Å². The van der Waals surface area contributed by atoms with Gasteiger partial charge < -0.3 is 9.80 Å². The molecule has 0 aromatic carbocycles. The highest BCUT2D eigenvalue weighted by Gasteiger charge is 2.39. The molecule has 0 unspecified atom stereocenters. The second-order valence-electron chi connectivity index (χ2n) is 7.92. The van der Waals surface area contributed by atoms with E-state index in [1.165, 1.54) is 6.07 Å². The number of fused-ring (bicyclic) bond motifs is 4. The molecular formula is C22H23FN6. The van der Waals surface area contributed by atoms with Crippen molar-refractivity contribution in [1.29, 1.82) is 0 Å². The molecule has 2 aliphatic heterocycles. The molecule has 2 atom stereocenters. The Kier molecular flexibility index (Phi) is 4.38. The van der Waals surface area contributed by atoms with Crippen molar-refractivity contribution in [3.63, 3.8) is 0 Å². The molecule has 148 valence electrons. The Morgan fingerprint density at radius 2 is 2.00 bits per heavy atom. The summed E-state index contributed by atoms with van der Waals surface area (Å²) in [5, 5.41) is 0. The lowest BCUT2D eigenvalue weighted by Crippen LogP contribution is -2.47. The van der Waals surface area contributed by atoms with Gasteiger partial charge in [0.1, 0.15) is 11.5 Å². The van der Waals surface area contributed by atoms with E-state index in [1.54, 1.807) is 6.20 Å². The summed E-state index contributed by atoms with van der Waals surface area (Å²) in [4.78, 5) is 22.3. The molecule has 7 heteroatoms. The maximum Gasteiger partial charge on any atom is 0.216 e. The molecule has 0 amide bonds. The molecule has 1 fully saturated rings. The average molecular weight is 390 g/mol. The van der Waals surface area contributed by atoms with E-state index >= 15 is 0 Å². The average Bonchev–Trinajstić information content (AvgIpc) is 2.73. The maximum atomic E-state index is 14.3. The molecule has 0 spiro atoms. The second kappa shape index (κ2) is 7.06.